The summed E-state index contributed by atoms with van der Waals surface area (Å²) in [5.41, 5.74) is 3.19. The van der Waals surface area contributed by atoms with Crippen molar-refractivity contribution < 1.29 is 9.59 Å². The number of anilines is 2. The van der Waals surface area contributed by atoms with Gasteiger partial charge in [0.25, 0.3) is 5.91 Å². The molecule has 1 unspecified atom stereocenters. The number of H-pyrrole nitrogens is 1. The van der Waals surface area contributed by atoms with E-state index in [2.05, 4.69) is 25.8 Å². The highest BCUT2D eigenvalue weighted by molar-refractivity contribution is 6.08. The molecule has 1 aliphatic heterocycles. The van der Waals surface area contributed by atoms with Crippen LogP contribution >= 0.6 is 0 Å². The number of rotatable bonds is 5. The van der Waals surface area contributed by atoms with Gasteiger partial charge >= 0.3 is 0 Å². The molecule has 1 saturated heterocycles. The molecule has 0 bridgehead atoms. The van der Waals surface area contributed by atoms with E-state index in [1.54, 1.807) is 19.2 Å². The van der Waals surface area contributed by atoms with Crippen LogP contribution in [0.1, 0.15) is 17.3 Å². The first-order chi connectivity index (χ1) is 14.1. The van der Waals surface area contributed by atoms with Crippen molar-refractivity contribution in [3.8, 4) is 0 Å². The molecule has 2 heterocycles. The van der Waals surface area contributed by atoms with Crippen molar-refractivity contribution in [1.82, 2.24) is 15.6 Å². The van der Waals surface area contributed by atoms with Crippen molar-refractivity contribution in [1.29, 1.82) is 0 Å². The smallest absolute Gasteiger partial charge is 0.252 e. The topological polar surface area (TPSA) is 89.3 Å². The Morgan fingerprint density at radius 2 is 1.83 bits per heavy atom. The molecule has 1 aliphatic rings. The Hall–Kier alpha value is -3.32. The van der Waals surface area contributed by atoms with E-state index in [0.29, 0.717) is 5.56 Å². The predicted octanol–water partition coefficient (Wildman–Crippen LogP) is 2.33. The largest absolute Gasteiger partial charge is 0.367 e. The number of aromatic nitrogens is 1. The fraction of sp³-hybridized carbons (Fsp3) is 0.273. The third kappa shape index (κ3) is 4.09. The number of amides is 2. The average molecular weight is 391 g/mol. The van der Waals surface area contributed by atoms with Gasteiger partial charge in [0.1, 0.15) is 6.04 Å². The molecule has 2 amide bonds. The summed E-state index contributed by atoms with van der Waals surface area (Å²) in [4.78, 5) is 30.8. The van der Waals surface area contributed by atoms with E-state index in [0.717, 1.165) is 48.5 Å². The van der Waals surface area contributed by atoms with Gasteiger partial charge in [-0.1, -0.05) is 18.2 Å². The average Bonchev–Trinajstić information content (AvgIpc) is 3.23. The second kappa shape index (κ2) is 8.36. The first-order valence-electron chi connectivity index (χ1n) is 9.86. The third-order valence-electron chi connectivity index (χ3n) is 5.20. The molecule has 0 saturated carbocycles. The zero-order valence-electron chi connectivity index (χ0n) is 16.4. The number of nitrogens with zero attached hydrogens (tertiary/aromatic N) is 1. The van der Waals surface area contributed by atoms with Gasteiger partial charge in [-0.3, -0.25) is 9.59 Å². The van der Waals surface area contributed by atoms with Crippen LogP contribution in [-0.4, -0.2) is 49.0 Å². The summed E-state index contributed by atoms with van der Waals surface area (Å²) in [6.45, 7) is 5.30. The Bertz CT molecular complexity index is 1020. The number of nitrogens with one attached hydrogen (secondary N) is 4. The van der Waals surface area contributed by atoms with Crippen molar-refractivity contribution in [2.24, 2.45) is 0 Å². The lowest BCUT2D eigenvalue weighted by Crippen LogP contribution is -2.44. The van der Waals surface area contributed by atoms with E-state index in [1.165, 1.54) is 0 Å². The van der Waals surface area contributed by atoms with E-state index in [9.17, 15) is 9.59 Å². The van der Waals surface area contributed by atoms with Crippen LogP contribution in [-0.2, 0) is 4.79 Å². The number of fused-ring (bicyclic) bond motifs is 1. The summed E-state index contributed by atoms with van der Waals surface area (Å²) < 4.78 is 0. The maximum absolute atomic E-state index is 12.8. The molecule has 0 aliphatic carbocycles. The van der Waals surface area contributed by atoms with Gasteiger partial charge in [0, 0.05) is 48.8 Å². The Kier molecular flexibility index (Phi) is 5.48. The van der Waals surface area contributed by atoms with Crippen molar-refractivity contribution in [3.05, 3.63) is 60.3 Å². The van der Waals surface area contributed by atoms with Crippen LogP contribution in [0.25, 0.3) is 10.9 Å². The standard InChI is InChI=1S/C22H25N5O2/c1-15(25-22(29)17-5-4-7-18-16(17)9-10-24-18)21(28)26-19-6-2-3-8-20(19)27-13-11-23-12-14-27/h2-10,15,23-24H,11-14H2,1H3,(H,25,29)(H,26,28). The molecule has 150 valence electrons. The molecule has 7 heteroatoms. The van der Waals surface area contributed by atoms with Gasteiger partial charge < -0.3 is 25.8 Å². The van der Waals surface area contributed by atoms with Crippen molar-refractivity contribution in [2.45, 2.75) is 13.0 Å². The van der Waals surface area contributed by atoms with Gasteiger partial charge in [0.15, 0.2) is 0 Å². The molecule has 1 aromatic heterocycles. The van der Waals surface area contributed by atoms with Gasteiger partial charge in [0.05, 0.1) is 11.4 Å². The predicted molar refractivity (Wildman–Crippen MR) is 115 cm³/mol. The lowest BCUT2D eigenvalue weighted by molar-refractivity contribution is -0.117. The van der Waals surface area contributed by atoms with E-state index in [-0.39, 0.29) is 11.8 Å². The van der Waals surface area contributed by atoms with Gasteiger partial charge in [0.2, 0.25) is 5.91 Å². The van der Waals surface area contributed by atoms with Gasteiger partial charge in [-0.05, 0) is 37.3 Å². The third-order valence-corrected chi connectivity index (χ3v) is 5.20. The van der Waals surface area contributed by atoms with Crippen LogP contribution < -0.4 is 20.9 Å². The summed E-state index contributed by atoms with van der Waals surface area (Å²) in [7, 11) is 0. The zero-order chi connectivity index (χ0) is 20.2. The number of piperazine rings is 1. The molecule has 0 radical (unpaired) electrons. The Morgan fingerprint density at radius 3 is 2.66 bits per heavy atom. The molecule has 1 fully saturated rings. The maximum Gasteiger partial charge on any atom is 0.252 e. The maximum atomic E-state index is 12.8. The van der Waals surface area contributed by atoms with Crippen LogP contribution in [0.5, 0.6) is 0 Å². The summed E-state index contributed by atoms with van der Waals surface area (Å²) in [6, 6.07) is 14.5. The van der Waals surface area contributed by atoms with Crippen LogP contribution in [0.2, 0.25) is 0 Å². The lowest BCUT2D eigenvalue weighted by atomic mass is 10.1. The molecule has 1 atom stereocenters. The van der Waals surface area contributed by atoms with Crippen LogP contribution in [0.4, 0.5) is 11.4 Å². The van der Waals surface area contributed by atoms with E-state index in [1.807, 2.05) is 42.5 Å². The van der Waals surface area contributed by atoms with Gasteiger partial charge in [-0.15, -0.1) is 0 Å². The normalized spacial score (nSPS) is 15.1. The summed E-state index contributed by atoms with van der Waals surface area (Å²) in [6.07, 6.45) is 1.80. The minimum Gasteiger partial charge on any atom is -0.367 e. The number of carbonyl (C=O) groups excluding carboxylic acids is 2. The second-order valence-electron chi connectivity index (χ2n) is 7.18. The molecule has 2 aromatic carbocycles. The monoisotopic (exact) mass is 391 g/mol. The van der Waals surface area contributed by atoms with Gasteiger partial charge in [-0.25, -0.2) is 0 Å². The van der Waals surface area contributed by atoms with Crippen LogP contribution in [0.15, 0.2) is 54.7 Å². The highest BCUT2D eigenvalue weighted by Crippen LogP contribution is 2.26. The highest BCUT2D eigenvalue weighted by Gasteiger charge is 2.20. The van der Waals surface area contributed by atoms with Crippen LogP contribution in [0, 0.1) is 0 Å². The minimum atomic E-state index is -0.673. The Morgan fingerprint density at radius 1 is 1.03 bits per heavy atom. The molecule has 0 spiro atoms. The number of benzene rings is 2. The van der Waals surface area contributed by atoms with Crippen LogP contribution in [0.3, 0.4) is 0 Å². The summed E-state index contributed by atoms with van der Waals surface area (Å²) in [5, 5.41) is 9.95. The molecule has 3 aromatic rings. The molecular weight excluding hydrogens is 366 g/mol. The molecule has 29 heavy (non-hydrogen) atoms. The first kappa shape index (κ1) is 19.0. The van der Waals surface area contributed by atoms with E-state index in [4.69, 9.17) is 0 Å². The first-order valence-corrected chi connectivity index (χ1v) is 9.86. The van der Waals surface area contributed by atoms with Crippen molar-refractivity contribution >= 4 is 34.1 Å². The minimum absolute atomic E-state index is 0.248. The van der Waals surface area contributed by atoms with Gasteiger partial charge in [-0.2, -0.15) is 0 Å². The molecule has 4 rings (SSSR count). The highest BCUT2D eigenvalue weighted by atomic mass is 16.2. The number of hydrogen-bond acceptors (Lipinski definition) is 4. The van der Waals surface area contributed by atoms with Crippen molar-refractivity contribution in [2.75, 3.05) is 36.4 Å². The SMILES string of the molecule is CC(NC(=O)c1cccc2[nH]ccc12)C(=O)Nc1ccccc1N1CCNCC1. The number of carbonyl (C=O) groups is 2. The Balaban J connectivity index is 1.45. The number of hydrogen-bond donors (Lipinski definition) is 4. The number of para-hydroxylation sites is 2. The summed E-state index contributed by atoms with van der Waals surface area (Å²) in [5.74, 6) is -0.518. The zero-order valence-corrected chi connectivity index (χ0v) is 16.4. The van der Waals surface area contributed by atoms with E-state index >= 15 is 0 Å². The fourth-order valence-corrected chi connectivity index (χ4v) is 3.63. The summed E-state index contributed by atoms with van der Waals surface area (Å²) >= 11 is 0. The fourth-order valence-electron chi connectivity index (χ4n) is 3.63. The molecular formula is C22H25N5O2. The lowest BCUT2D eigenvalue weighted by Gasteiger charge is -2.31. The quantitative estimate of drug-likeness (QED) is 0.537. The van der Waals surface area contributed by atoms with Crippen molar-refractivity contribution in [3.63, 3.8) is 0 Å². The second-order valence-corrected chi connectivity index (χ2v) is 7.18. The Labute approximate surface area is 169 Å². The molecule has 7 nitrogen and oxygen atoms in total. The number of aromatic amines is 1. The van der Waals surface area contributed by atoms with E-state index < -0.39 is 6.04 Å². The molecule has 4 N–H and O–H groups in total.